The summed E-state index contributed by atoms with van der Waals surface area (Å²) in [7, 11) is 3.76. The maximum absolute atomic E-state index is 13.3. The first-order valence-electron chi connectivity index (χ1n) is 10.7. The van der Waals surface area contributed by atoms with Gasteiger partial charge >= 0.3 is 5.97 Å². The Morgan fingerprint density at radius 2 is 2.06 bits per heavy atom. The molecule has 2 aromatic carbocycles. The maximum Gasteiger partial charge on any atom is 0.344 e. The molecule has 174 valence electrons. The Balaban J connectivity index is 2.11. The molecule has 0 amide bonds. The molecule has 9 heteroatoms. The van der Waals surface area contributed by atoms with E-state index in [0.29, 0.717) is 34.5 Å². The van der Waals surface area contributed by atoms with Crippen molar-refractivity contribution in [2.45, 2.75) is 39.2 Å². The molecule has 1 aromatic heterocycles. The number of aryl methyl sites for hydroxylation is 1. The number of rotatable bonds is 9. The van der Waals surface area contributed by atoms with E-state index >= 15 is 0 Å². The van der Waals surface area contributed by atoms with Crippen LogP contribution >= 0.6 is 15.9 Å². The van der Waals surface area contributed by atoms with Gasteiger partial charge in [-0.15, -0.1) is 0 Å². The van der Waals surface area contributed by atoms with Crippen LogP contribution in [0.15, 0.2) is 50.8 Å². The summed E-state index contributed by atoms with van der Waals surface area (Å²) >= 11 is 3.41. The lowest BCUT2D eigenvalue weighted by molar-refractivity contribution is -0.144. The molecule has 0 bridgehead atoms. The summed E-state index contributed by atoms with van der Waals surface area (Å²) in [5.41, 5.74) is 1.75. The Bertz CT molecular complexity index is 1250. The third-order valence-electron chi connectivity index (χ3n) is 5.11. The van der Waals surface area contributed by atoms with Crippen molar-refractivity contribution < 1.29 is 14.6 Å². The number of halogens is 1. The second-order valence-electron chi connectivity index (χ2n) is 7.87. The first-order valence-corrected chi connectivity index (χ1v) is 11.5. The fourth-order valence-corrected chi connectivity index (χ4v) is 3.54. The molecule has 0 saturated carbocycles. The monoisotopic (exact) mass is 514 g/mol. The van der Waals surface area contributed by atoms with E-state index in [1.54, 1.807) is 18.2 Å². The van der Waals surface area contributed by atoms with E-state index in [-0.39, 0.29) is 5.56 Å². The number of hydrogen-bond donors (Lipinski definition) is 1. The molecule has 8 nitrogen and oxygen atoms in total. The zero-order chi connectivity index (χ0) is 24.1. The van der Waals surface area contributed by atoms with Gasteiger partial charge < -0.3 is 14.7 Å². The fraction of sp³-hybridized carbons (Fsp3) is 0.333. The zero-order valence-electron chi connectivity index (χ0n) is 19.1. The smallest absolute Gasteiger partial charge is 0.344 e. The molecule has 0 unspecified atom stereocenters. The number of fused-ring (bicyclic) bond motifs is 1. The molecule has 0 spiro atoms. The third kappa shape index (κ3) is 5.78. The van der Waals surface area contributed by atoms with Gasteiger partial charge in [-0.2, -0.15) is 9.78 Å². The van der Waals surface area contributed by atoms with Gasteiger partial charge in [0.15, 0.2) is 6.10 Å². The van der Waals surface area contributed by atoms with Gasteiger partial charge in [-0.25, -0.2) is 9.78 Å². The van der Waals surface area contributed by atoms with Crippen LogP contribution in [0.2, 0.25) is 0 Å². The number of anilines is 1. The minimum Gasteiger partial charge on any atom is -0.479 e. The van der Waals surface area contributed by atoms with Gasteiger partial charge in [0.25, 0.3) is 5.56 Å². The average molecular weight is 515 g/mol. The molecule has 0 fully saturated rings. The molecule has 1 heterocycles. The number of carbonyl (C=O) groups is 1. The van der Waals surface area contributed by atoms with Gasteiger partial charge in [-0.1, -0.05) is 29.3 Å². The van der Waals surface area contributed by atoms with Crippen molar-refractivity contribution in [3.8, 4) is 5.75 Å². The second kappa shape index (κ2) is 10.6. The Kier molecular flexibility index (Phi) is 7.86. The predicted octanol–water partition coefficient (Wildman–Crippen LogP) is 4.30. The summed E-state index contributed by atoms with van der Waals surface area (Å²) in [6.07, 6.45) is 2.89. The van der Waals surface area contributed by atoms with Crippen LogP contribution in [0.3, 0.4) is 0 Å². The predicted molar refractivity (Wildman–Crippen MR) is 134 cm³/mol. The van der Waals surface area contributed by atoms with Gasteiger partial charge in [0, 0.05) is 42.3 Å². The molecule has 1 atom stereocenters. The van der Waals surface area contributed by atoms with Crippen molar-refractivity contribution in [1.82, 2.24) is 9.66 Å². The highest BCUT2D eigenvalue weighted by molar-refractivity contribution is 9.10. The third-order valence-corrected chi connectivity index (χ3v) is 5.60. The van der Waals surface area contributed by atoms with Crippen LogP contribution < -0.4 is 15.2 Å². The standard InChI is InChI=1S/C24H27BrN4O4/c1-5-6-7-22-27-20-11-9-17(25)12-19(20)23(30)29(22)26-14-16-8-10-18(28(3)4)13-21(16)33-15(2)24(31)32/h8-15H,5-7H2,1-4H3,(H,31,32)/t15-/m0/s1. The minimum atomic E-state index is -1.07. The summed E-state index contributed by atoms with van der Waals surface area (Å²) in [6, 6.07) is 10.8. The van der Waals surface area contributed by atoms with E-state index in [4.69, 9.17) is 4.74 Å². The van der Waals surface area contributed by atoms with E-state index in [2.05, 4.69) is 32.9 Å². The van der Waals surface area contributed by atoms with Crippen LogP contribution in [-0.2, 0) is 11.2 Å². The van der Waals surface area contributed by atoms with Crippen molar-refractivity contribution in [3.05, 3.63) is 62.6 Å². The molecule has 3 aromatic rings. The van der Waals surface area contributed by atoms with Crippen molar-refractivity contribution >= 4 is 44.7 Å². The Morgan fingerprint density at radius 1 is 1.30 bits per heavy atom. The van der Waals surface area contributed by atoms with Gasteiger partial charge in [-0.3, -0.25) is 4.79 Å². The molecule has 0 aliphatic carbocycles. The van der Waals surface area contributed by atoms with Crippen LogP contribution in [0.5, 0.6) is 5.75 Å². The largest absolute Gasteiger partial charge is 0.479 e. The molecule has 0 saturated heterocycles. The number of benzene rings is 2. The van der Waals surface area contributed by atoms with E-state index in [0.717, 1.165) is 23.0 Å². The number of carboxylic acid groups (broad SMARTS) is 1. The van der Waals surface area contributed by atoms with Crippen molar-refractivity contribution in [3.63, 3.8) is 0 Å². The van der Waals surface area contributed by atoms with Gasteiger partial charge in [0.2, 0.25) is 0 Å². The molecular formula is C24H27BrN4O4. The number of aromatic nitrogens is 2. The quantitative estimate of drug-likeness (QED) is 0.427. The fourth-order valence-electron chi connectivity index (χ4n) is 3.18. The lowest BCUT2D eigenvalue weighted by Crippen LogP contribution is -2.24. The Hall–Kier alpha value is -3.20. The number of aliphatic carboxylic acids is 1. The van der Waals surface area contributed by atoms with Gasteiger partial charge in [0.05, 0.1) is 17.1 Å². The van der Waals surface area contributed by atoms with Crippen molar-refractivity contribution in [1.29, 1.82) is 0 Å². The molecular weight excluding hydrogens is 488 g/mol. The molecule has 0 aliphatic heterocycles. The highest BCUT2D eigenvalue weighted by Crippen LogP contribution is 2.25. The summed E-state index contributed by atoms with van der Waals surface area (Å²) in [5, 5.41) is 14.2. The zero-order valence-corrected chi connectivity index (χ0v) is 20.7. The second-order valence-corrected chi connectivity index (χ2v) is 8.79. The summed E-state index contributed by atoms with van der Waals surface area (Å²) < 4.78 is 7.77. The highest BCUT2D eigenvalue weighted by atomic mass is 79.9. The van der Waals surface area contributed by atoms with E-state index < -0.39 is 12.1 Å². The number of unbranched alkanes of at least 4 members (excludes halogenated alkanes) is 1. The highest BCUT2D eigenvalue weighted by Gasteiger charge is 2.16. The normalized spacial score (nSPS) is 12.3. The van der Waals surface area contributed by atoms with Gasteiger partial charge in [-0.05, 0) is 43.7 Å². The topological polar surface area (TPSA) is 97.0 Å². The van der Waals surface area contributed by atoms with E-state index in [9.17, 15) is 14.7 Å². The summed E-state index contributed by atoms with van der Waals surface area (Å²) in [5.74, 6) is -0.144. The maximum atomic E-state index is 13.3. The SMILES string of the molecule is CCCCc1nc2ccc(Br)cc2c(=O)n1N=Cc1ccc(N(C)C)cc1O[C@@H](C)C(=O)O. The summed E-state index contributed by atoms with van der Waals surface area (Å²) in [6.45, 7) is 3.54. The molecule has 33 heavy (non-hydrogen) atoms. The van der Waals surface area contributed by atoms with Crippen LogP contribution in [0.1, 0.15) is 38.1 Å². The first kappa shape index (κ1) is 24.4. The van der Waals surface area contributed by atoms with Gasteiger partial charge in [0.1, 0.15) is 11.6 Å². The first-order chi connectivity index (χ1) is 15.7. The van der Waals surface area contributed by atoms with Crippen LogP contribution in [0, 0.1) is 0 Å². The van der Waals surface area contributed by atoms with E-state index in [1.807, 2.05) is 37.2 Å². The van der Waals surface area contributed by atoms with Crippen LogP contribution in [0.4, 0.5) is 5.69 Å². The Morgan fingerprint density at radius 3 is 2.73 bits per heavy atom. The minimum absolute atomic E-state index is 0.269. The van der Waals surface area contributed by atoms with Crippen molar-refractivity contribution in [2.75, 3.05) is 19.0 Å². The lowest BCUT2D eigenvalue weighted by atomic mass is 10.2. The molecule has 1 N–H and O–H groups in total. The van der Waals surface area contributed by atoms with Crippen LogP contribution in [-0.4, -0.2) is 47.1 Å². The number of ether oxygens (including phenoxy) is 1. The molecule has 0 aliphatic rings. The lowest BCUT2D eigenvalue weighted by Gasteiger charge is -2.17. The number of nitrogens with zero attached hydrogens (tertiary/aromatic N) is 4. The summed E-state index contributed by atoms with van der Waals surface area (Å²) in [4.78, 5) is 31.1. The number of hydrogen-bond acceptors (Lipinski definition) is 6. The van der Waals surface area contributed by atoms with E-state index in [1.165, 1.54) is 17.8 Å². The molecule has 3 rings (SSSR count). The Labute approximate surface area is 200 Å². The molecule has 0 radical (unpaired) electrons. The van der Waals surface area contributed by atoms with Crippen LogP contribution in [0.25, 0.3) is 10.9 Å². The van der Waals surface area contributed by atoms with Crippen molar-refractivity contribution in [2.24, 2.45) is 5.10 Å². The average Bonchev–Trinajstić information content (AvgIpc) is 2.78. The number of carboxylic acids is 1.